The van der Waals surface area contributed by atoms with Crippen molar-refractivity contribution < 1.29 is 18.7 Å². The van der Waals surface area contributed by atoms with Crippen LogP contribution in [0.2, 0.25) is 0 Å². The van der Waals surface area contributed by atoms with Gasteiger partial charge >= 0.3 is 6.09 Å². The molecule has 1 aromatic carbocycles. The predicted octanol–water partition coefficient (Wildman–Crippen LogP) is 3.00. The lowest BCUT2D eigenvalue weighted by atomic mass is 9.96. The molecular weight excluding hydrogens is 349 g/mol. The van der Waals surface area contributed by atoms with E-state index in [0.29, 0.717) is 31.8 Å². The number of nitrogens with zero attached hydrogens (tertiary/aromatic N) is 3. The van der Waals surface area contributed by atoms with Gasteiger partial charge in [-0.1, -0.05) is 6.07 Å². The topological polar surface area (TPSA) is 65.8 Å². The number of morpholine rings is 1. The maximum absolute atomic E-state index is 13.8. The number of amides is 1. The van der Waals surface area contributed by atoms with Gasteiger partial charge in [-0.3, -0.25) is 4.90 Å². The standard InChI is InChI=1S/C20H26FN3O3/c1-13-15(5-6-17(21)16(13)9-22)18-11-23-7-8-24(10-14(23)12-26-18)19(25)27-20(2,3)4/h5-6,14,18H,7-8,10-12H2,1-4H3/t14-,18-/m0/s1. The first kappa shape index (κ1) is 19.6. The maximum atomic E-state index is 13.8. The Morgan fingerprint density at radius 1 is 1.33 bits per heavy atom. The molecule has 2 fully saturated rings. The zero-order valence-electron chi connectivity index (χ0n) is 16.3. The number of hydrogen-bond acceptors (Lipinski definition) is 5. The number of fused-ring (bicyclic) bond motifs is 1. The van der Waals surface area contributed by atoms with Crippen molar-refractivity contribution in [2.45, 2.75) is 45.4 Å². The summed E-state index contributed by atoms with van der Waals surface area (Å²) in [5.74, 6) is -0.501. The van der Waals surface area contributed by atoms with E-state index in [9.17, 15) is 14.4 Å². The van der Waals surface area contributed by atoms with E-state index in [1.807, 2.05) is 26.8 Å². The number of piperazine rings is 1. The minimum absolute atomic E-state index is 0.0768. The zero-order chi connectivity index (χ0) is 19.8. The van der Waals surface area contributed by atoms with Crippen LogP contribution in [0.15, 0.2) is 12.1 Å². The van der Waals surface area contributed by atoms with Crippen LogP contribution in [0.3, 0.4) is 0 Å². The van der Waals surface area contributed by atoms with E-state index >= 15 is 0 Å². The lowest BCUT2D eigenvalue weighted by molar-refractivity contribution is -0.0908. The Bertz CT molecular complexity index is 769. The predicted molar refractivity (Wildman–Crippen MR) is 97.7 cm³/mol. The third kappa shape index (κ3) is 4.23. The number of carbonyl (C=O) groups is 1. The minimum Gasteiger partial charge on any atom is -0.444 e. The van der Waals surface area contributed by atoms with Gasteiger partial charge in [0.05, 0.1) is 24.3 Å². The third-order valence-electron chi connectivity index (χ3n) is 5.06. The van der Waals surface area contributed by atoms with Crippen LogP contribution >= 0.6 is 0 Å². The molecule has 0 bridgehead atoms. The van der Waals surface area contributed by atoms with Gasteiger partial charge in [0.15, 0.2) is 0 Å². The second-order valence-electron chi connectivity index (χ2n) is 8.15. The Balaban J connectivity index is 1.67. The number of benzene rings is 1. The molecule has 7 heteroatoms. The lowest BCUT2D eigenvalue weighted by Gasteiger charge is -2.46. The van der Waals surface area contributed by atoms with Gasteiger partial charge in [-0.2, -0.15) is 5.26 Å². The first-order chi connectivity index (χ1) is 12.7. The Hall–Kier alpha value is -2.17. The zero-order valence-corrected chi connectivity index (χ0v) is 16.3. The molecule has 146 valence electrons. The van der Waals surface area contributed by atoms with Gasteiger partial charge in [0.2, 0.25) is 0 Å². The molecule has 0 spiro atoms. The molecule has 0 N–H and O–H groups in total. The van der Waals surface area contributed by atoms with E-state index in [4.69, 9.17) is 9.47 Å². The first-order valence-corrected chi connectivity index (χ1v) is 9.22. The van der Waals surface area contributed by atoms with Crippen molar-refractivity contribution in [1.29, 1.82) is 5.26 Å². The van der Waals surface area contributed by atoms with Crippen LogP contribution in [0, 0.1) is 24.1 Å². The normalized spacial score (nSPS) is 23.5. The maximum Gasteiger partial charge on any atom is 0.410 e. The molecule has 1 amide bonds. The van der Waals surface area contributed by atoms with Crippen LogP contribution in [-0.4, -0.2) is 60.3 Å². The summed E-state index contributed by atoms with van der Waals surface area (Å²) in [6, 6.07) is 5.08. The van der Waals surface area contributed by atoms with E-state index in [2.05, 4.69) is 4.90 Å². The molecule has 0 saturated carbocycles. The van der Waals surface area contributed by atoms with E-state index < -0.39 is 11.4 Å². The fourth-order valence-corrected chi connectivity index (χ4v) is 3.65. The number of rotatable bonds is 1. The highest BCUT2D eigenvalue weighted by atomic mass is 19.1. The summed E-state index contributed by atoms with van der Waals surface area (Å²) in [5.41, 5.74) is 1.04. The second-order valence-corrected chi connectivity index (χ2v) is 8.15. The second kappa shape index (κ2) is 7.45. The largest absolute Gasteiger partial charge is 0.444 e. The van der Waals surface area contributed by atoms with Crippen LogP contribution in [-0.2, 0) is 9.47 Å². The molecule has 2 aliphatic rings. The molecule has 1 aromatic rings. The number of hydrogen-bond donors (Lipinski definition) is 0. The molecule has 2 atom stereocenters. The van der Waals surface area contributed by atoms with Crippen LogP contribution in [0.4, 0.5) is 9.18 Å². The Kier molecular flexibility index (Phi) is 5.41. The summed E-state index contributed by atoms with van der Waals surface area (Å²) in [5, 5.41) is 9.18. The molecule has 0 unspecified atom stereocenters. The number of nitriles is 1. The van der Waals surface area contributed by atoms with Crippen molar-refractivity contribution in [3.63, 3.8) is 0 Å². The lowest BCUT2D eigenvalue weighted by Crippen LogP contribution is -2.60. The monoisotopic (exact) mass is 375 g/mol. The van der Waals surface area contributed by atoms with Gasteiger partial charge < -0.3 is 14.4 Å². The van der Waals surface area contributed by atoms with Gasteiger partial charge in [-0.05, 0) is 44.9 Å². The van der Waals surface area contributed by atoms with Crippen molar-refractivity contribution in [1.82, 2.24) is 9.80 Å². The Morgan fingerprint density at radius 2 is 2.07 bits per heavy atom. The van der Waals surface area contributed by atoms with E-state index in [1.54, 1.807) is 17.9 Å². The fraction of sp³-hybridized carbons (Fsp3) is 0.600. The molecule has 2 saturated heterocycles. The van der Waals surface area contributed by atoms with E-state index in [1.165, 1.54) is 6.07 Å². The number of ether oxygens (including phenoxy) is 2. The summed E-state index contributed by atoms with van der Waals surface area (Å²) in [4.78, 5) is 16.3. The summed E-state index contributed by atoms with van der Waals surface area (Å²) in [7, 11) is 0. The average Bonchev–Trinajstić information content (AvgIpc) is 2.60. The molecule has 3 rings (SSSR count). The van der Waals surface area contributed by atoms with Crippen LogP contribution in [0.25, 0.3) is 0 Å². The molecule has 0 aliphatic carbocycles. The Morgan fingerprint density at radius 3 is 2.74 bits per heavy atom. The van der Waals surface area contributed by atoms with Crippen molar-refractivity contribution in [3.05, 3.63) is 34.6 Å². The van der Waals surface area contributed by atoms with E-state index in [0.717, 1.165) is 12.1 Å². The van der Waals surface area contributed by atoms with E-state index in [-0.39, 0.29) is 23.8 Å². The summed E-state index contributed by atoms with van der Waals surface area (Å²) in [6.07, 6.45) is -0.501. The highest BCUT2D eigenvalue weighted by Crippen LogP contribution is 2.31. The smallest absolute Gasteiger partial charge is 0.410 e. The van der Waals surface area contributed by atoms with Gasteiger partial charge in [0.25, 0.3) is 0 Å². The summed E-state index contributed by atoms with van der Waals surface area (Å²) < 4.78 is 25.3. The average molecular weight is 375 g/mol. The fourth-order valence-electron chi connectivity index (χ4n) is 3.65. The molecule has 2 heterocycles. The van der Waals surface area contributed by atoms with Crippen LogP contribution in [0.5, 0.6) is 0 Å². The highest BCUT2D eigenvalue weighted by Gasteiger charge is 2.37. The number of carbonyl (C=O) groups excluding carboxylic acids is 1. The molecule has 2 aliphatic heterocycles. The number of halogens is 1. The van der Waals surface area contributed by atoms with Gasteiger partial charge in [-0.15, -0.1) is 0 Å². The quantitative estimate of drug-likeness (QED) is 0.755. The molecule has 0 radical (unpaired) electrons. The van der Waals surface area contributed by atoms with Crippen molar-refractivity contribution in [2.75, 3.05) is 32.8 Å². The van der Waals surface area contributed by atoms with Crippen LogP contribution < -0.4 is 0 Å². The van der Waals surface area contributed by atoms with Gasteiger partial charge in [-0.25, -0.2) is 9.18 Å². The SMILES string of the molecule is Cc1c([C@@H]2CN3CCN(C(=O)OC(C)(C)C)C[C@H]3CO2)ccc(F)c1C#N. The summed E-state index contributed by atoms with van der Waals surface area (Å²) in [6.45, 7) is 10.4. The molecule has 6 nitrogen and oxygen atoms in total. The Labute approximate surface area is 159 Å². The highest BCUT2D eigenvalue weighted by molar-refractivity contribution is 5.68. The van der Waals surface area contributed by atoms with Gasteiger partial charge in [0, 0.05) is 26.2 Å². The summed E-state index contributed by atoms with van der Waals surface area (Å²) >= 11 is 0. The van der Waals surface area contributed by atoms with Crippen molar-refractivity contribution >= 4 is 6.09 Å². The third-order valence-corrected chi connectivity index (χ3v) is 5.06. The first-order valence-electron chi connectivity index (χ1n) is 9.22. The molecular formula is C20H26FN3O3. The minimum atomic E-state index is -0.513. The van der Waals surface area contributed by atoms with Crippen molar-refractivity contribution in [2.24, 2.45) is 0 Å². The molecule has 0 aromatic heterocycles. The van der Waals surface area contributed by atoms with Crippen LogP contribution in [0.1, 0.15) is 43.6 Å². The van der Waals surface area contributed by atoms with Crippen molar-refractivity contribution in [3.8, 4) is 6.07 Å². The molecule has 27 heavy (non-hydrogen) atoms. The van der Waals surface area contributed by atoms with Gasteiger partial charge in [0.1, 0.15) is 17.5 Å².